The Bertz CT molecular complexity index is 972. The van der Waals surface area contributed by atoms with E-state index in [0.717, 1.165) is 0 Å². The van der Waals surface area contributed by atoms with E-state index in [1.165, 1.54) is 12.1 Å². The molecule has 0 spiro atoms. The van der Waals surface area contributed by atoms with E-state index in [2.05, 4.69) is 0 Å². The number of nitrogens with zero attached hydrogens (tertiary/aromatic N) is 1. The number of hydrogen-bond acceptors (Lipinski definition) is 5. The number of benzene rings is 3. The lowest BCUT2D eigenvalue weighted by atomic mass is 10.1. The Hall–Kier alpha value is -3.37. The van der Waals surface area contributed by atoms with E-state index in [0.29, 0.717) is 4.67 Å². The van der Waals surface area contributed by atoms with Crippen molar-refractivity contribution < 1.29 is 23.2 Å². The summed E-state index contributed by atoms with van der Waals surface area (Å²) in [4.78, 5) is 25.6. The predicted octanol–water partition coefficient (Wildman–Crippen LogP) is 4.55. The van der Waals surface area contributed by atoms with Crippen LogP contribution in [0.15, 0.2) is 84.9 Å². The number of para-hydroxylation sites is 2. The first-order chi connectivity index (χ1) is 13.1. The molecule has 6 nitrogen and oxygen atoms in total. The highest BCUT2D eigenvalue weighted by atomic mass is 31.2. The number of carbonyl (C=O) groups is 2. The topological polar surface area (TPSA) is 72.9 Å². The van der Waals surface area contributed by atoms with Crippen LogP contribution < -0.4 is 9.05 Å². The first kappa shape index (κ1) is 17.1. The highest BCUT2D eigenvalue weighted by molar-refractivity contribution is 7.54. The van der Waals surface area contributed by atoms with Gasteiger partial charge >= 0.3 is 7.75 Å². The van der Waals surface area contributed by atoms with Gasteiger partial charge in [-0.25, -0.2) is 4.57 Å². The SMILES string of the molecule is O=C1c2ccccc2C(=O)N1P(=O)(Oc1ccccc1)Oc1ccccc1. The van der Waals surface area contributed by atoms with E-state index >= 15 is 0 Å². The van der Waals surface area contributed by atoms with Gasteiger partial charge < -0.3 is 9.05 Å². The summed E-state index contributed by atoms with van der Waals surface area (Å²) in [5, 5.41) is 0. The normalized spacial score (nSPS) is 13.4. The lowest BCUT2D eigenvalue weighted by Gasteiger charge is -2.25. The van der Waals surface area contributed by atoms with Crippen LogP contribution >= 0.6 is 7.75 Å². The molecule has 3 aromatic carbocycles. The van der Waals surface area contributed by atoms with Crippen molar-refractivity contribution in [2.24, 2.45) is 0 Å². The minimum absolute atomic E-state index is 0.163. The zero-order valence-electron chi connectivity index (χ0n) is 14.0. The maximum atomic E-state index is 13.7. The van der Waals surface area contributed by atoms with Crippen LogP contribution in [0.25, 0.3) is 0 Å². The van der Waals surface area contributed by atoms with Gasteiger partial charge in [-0.1, -0.05) is 48.5 Å². The van der Waals surface area contributed by atoms with Crippen LogP contribution in [0.3, 0.4) is 0 Å². The molecule has 1 aliphatic heterocycles. The van der Waals surface area contributed by atoms with Crippen molar-refractivity contribution in [2.75, 3.05) is 0 Å². The predicted molar refractivity (Wildman–Crippen MR) is 98.7 cm³/mol. The molecule has 0 aromatic heterocycles. The second kappa shape index (κ2) is 6.74. The van der Waals surface area contributed by atoms with Gasteiger partial charge in [-0.2, -0.15) is 4.67 Å². The third kappa shape index (κ3) is 3.11. The Morgan fingerprint density at radius 3 is 1.37 bits per heavy atom. The van der Waals surface area contributed by atoms with Crippen LogP contribution in [-0.4, -0.2) is 16.5 Å². The van der Waals surface area contributed by atoms with Crippen molar-refractivity contribution in [1.29, 1.82) is 0 Å². The van der Waals surface area contributed by atoms with E-state index in [-0.39, 0.29) is 22.6 Å². The number of rotatable bonds is 5. The third-order valence-corrected chi connectivity index (χ3v) is 5.68. The minimum Gasteiger partial charge on any atom is -0.400 e. The van der Waals surface area contributed by atoms with Gasteiger partial charge in [-0.3, -0.25) is 9.59 Å². The molecule has 0 N–H and O–H groups in total. The molecular weight excluding hydrogens is 365 g/mol. The number of hydrogen-bond donors (Lipinski definition) is 0. The van der Waals surface area contributed by atoms with Crippen molar-refractivity contribution in [1.82, 2.24) is 4.67 Å². The van der Waals surface area contributed by atoms with Crippen LogP contribution in [0.4, 0.5) is 0 Å². The summed E-state index contributed by atoms with van der Waals surface area (Å²) < 4.78 is 25.4. The molecule has 3 aromatic rings. The average Bonchev–Trinajstić information content (AvgIpc) is 2.95. The van der Waals surface area contributed by atoms with Gasteiger partial charge in [0.2, 0.25) is 0 Å². The Kier molecular flexibility index (Phi) is 4.26. The van der Waals surface area contributed by atoms with Crippen molar-refractivity contribution >= 4 is 19.6 Å². The van der Waals surface area contributed by atoms with Crippen LogP contribution in [0.5, 0.6) is 11.5 Å². The molecule has 1 heterocycles. The highest BCUT2D eigenvalue weighted by Crippen LogP contribution is 2.54. The molecule has 0 radical (unpaired) electrons. The van der Waals surface area contributed by atoms with Crippen molar-refractivity contribution in [3.05, 3.63) is 96.1 Å². The van der Waals surface area contributed by atoms with Crippen LogP contribution in [-0.2, 0) is 4.57 Å². The number of imide groups is 1. The Labute approximate surface area is 155 Å². The fraction of sp³-hybridized carbons (Fsp3) is 0. The van der Waals surface area contributed by atoms with Gasteiger partial charge in [0, 0.05) is 0 Å². The van der Waals surface area contributed by atoms with E-state index in [1.807, 2.05) is 0 Å². The number of amides is 2. The van der Waals surface area contributed by atoms with Gasteiger partial charge in [0.15, 0.2) is 0 Å². The molecule has 0 saturated carbocycles. The van der Waals surface area contributed by atoms with Gasteiger partial charge in [-0.05, 0) is 36.4 Å². The monoisotopic (exact) mass is 379 g/mol. The molecule has 1 aliphatic rings. The minimum atomic E-state index is -4.37. The molecule has 4 rings (SSSR count). The summed E-state index contributed by atoms with van der Waals surface area (Å²) >= 11 is 0. The van der Waals surface area contributed by atoms with Crippen LogP contribution in [0.2, 0.25) is 0 Å². The molecule has 2 amide bonds. The van der Waals surface area contributed by atoms with Gasteiger partial charge in [0.25, 0.3) is 11.8 Å². The highest BCUT2D eigenvalue weighted by Gasteiger charge is 2.51. The molecule has 0 atom stereocenters. The van der Waals surface area contributed by atoms with Crippen molar-refractivity contribution in [3.63, 3.8) is 0 Å². The molecule has 0 bridgehead atoms. The van der Waals surface area contributed by atoms with Gasteiger partial charge in [0.05, 0.1) is 11.1 Å². The largest absolute Gasteiger partial charge is 0.554 e. The number of fused-ring (bicyclic) bond motifs is 1. The summed E-state index contributed by atoms with van der Waals surface area (Å²) in [5.41, 5.74) is 0.326. The average molecular weight is 379 g/mol. The second-order valence-corrected chi connectivity index (χ2v) is 7.45. The van der Waals surface area contributed by atoms with Gasteiger partial charge in [-0.15, -0.1) is 0 Å². The van der Waals surface area contributed by atoms with E-state index in [1.54, 1.807) is 72.8 Å². The fourth-order valence-corrected chi connectivity index (χ4v) is 4.37. The fourth-order valence-electron chi connectivity index (χ4n) is 2.73. The maximum Gasteiger partial charge on any atom is 0.554 e. The van der Waals surface area contributed by atoms with Crippen LogP contribution in [0, 0.1) is 0 Å². The summed E-state index contributed by atoms with van der Waals surface area (Å²) in [6.07, 6.45) is 0. The summed E-state index contributed by atoms with van der Waals surface area (Å²) in [5.74, 6) is -1.00. The third-order valence-electron chi connectivity index (χ3n) is 3.95. The maximum absolute atomic E-state index is 13.7. The molecule has 0 saturated heterocycles. The van der Waals surface area contributed by atoms with E-state index < -0.39 is 19.6 Å². The molecule has 7 heteroatoms. The molecule has 134 valence electrons. The lowest BCUT2D eigenvalue weighted by molar-refractivity contribution is 0.0735. The van der Waals surface area contributed by atoms with Gasteiger partial charge in [0.1, 0.15) is 11.5 Å². The zero-order chi connectivity index (χ0) is 18.9. The van der Waals surface area contributed by atoms with Crippen LogP contribution in [0.1, 0.15) is 20.7 Å². The number of carbonyl (C=O) groups excluding carboxylic acids is 2. The lowest BCUT2D eigenvalue weighted by Crippen LogP contribution is -2.31. The Balaban J connectivity index is 1.78. The smallest absolute Gasteiger partial charge is 0.400 e. The summed E-state index contributed by atoms with van der Waals surface area (Å²) in [7, 11) is -4.37. The first-order valence-electron chi connectivity index (χ1n) is 8.16. The first-order valence-corrected chi connectivity index (χ1v) is 9.66. The molecule has 0 aliphatic carbocycles. The van der Waals surface area contributed by atoms with E-state index in [4.69, 9.17) is 9.05 Å². The Morgan fingerprint density at radius 2 is 0.963 bits per heavy atom. The van der Waals surface area contributed by atoms with Crippen molar-refractivity contribution in [2.45, 2.75) is 0 Å². The molecule has 0 unspecified atom stereocenters. The summed E-state index contributed by atoms with van der Waals surface area (Å²) in [6.45, 7) is 0. The Morgan fingerprint density at radius 1 is 0.593 bits per heavy atom. The summed E-state index contributed by atoms with van der Waals surface area (Å²) in [6, 6.07) is 22.8. The molecule has 27 heavy (non-hydrogen) atoms. The molecular formula is C20H14NO5P. The standard InChI is InChI=1S/C20H14NO5P/c22-19-17-13-7-8-14-18(17)20(23)21(19)27(24,25-15-9-3-1-4-10-15)26-16-11-5-2-6-12-16/h1-14H. The zero-order valence-corrected chi connectivity index (χ0v) is 14.9. The quantitative estimate of drug-likeness (QED) is 0.480. The molecule has 0 fully saturated rings. The second-order valence-electron chi connectivity index (χ2n) is 5.74. The van der Waals surface area contributed by atoms with E-state index in [9.17, 15) is 14.2 Å². The van der Waals surface area contributed by atoms with Crippen molar-refractivity contribution in [3.8, 4) is 11.5 Å².